The lowest BCUT2D eigenvalue weighted by atomic mass is 9.68. The lowest BCUT2D eigenvalue weighted by Gasteiger charge is -2.41. The molecule has 4 heterocycles. The Bertz CT molecular complexity index is 1320. The summed E-state index contributed by atoms with van der Waals surface area (Å²) in [5, 5.41) is 5.20. The highest BCUT2D eigenvalue weighted by Gasteiger charge is 2.38. The number of cyclic esters (lactones) is 1. The van der Waals surface area contributed by atoms with Crippen molar-refractivity contribution in [1.29, 1.82) is 0 Å². The third-order valence-corrected chi connectivity index (χ3v) is 7.90. The molecule has 2 fully saturated rings. The maximum absolute atomic E-state index is 12.3. The summed E-state index contributed by atoms with van der Waals surface area (Å²) in [6, 6.07) is 5.56. The van der Waals surface area contributed by atoms with Gasteiger partial charge >= 0.3 is 5.97 Å². The standard InChI is InChI=1S/C27H31N5O3/c1-14-15(2)34-26(33)18-9-10-22(32-24(14)18)31-23-11-19-20(12-29-23)25(35-17-7-8-17)30-13-21(19)27(3,28)16-5-4-6-16/h9-17H,4-8,28H2,1-3H3,(H,29,31,32)/t14-,15-,27+/m0/s1. The molecule has 1 aliphatic heterocycles. The number of hydrogen-bond acceptors (Lipinski definition) is 8. The number of nitrogens with zero attached hydrogens (tertiary/aromatic N) is 3. The minimum atomic E-state index is -0.490. The Morgan fingerprint density at radius 2 is 1.89 bits per heavy atom. The zero-order chi connectivity index (χ0) is 24.3. The minimum absolute atomic E-state index is 0.00856. The number of nitrogens with one attached hydrogen (secondary N) is 1. The molecule has 0 bridgehead atoms. The van der Waals surface area contributed by atoms with Crippen LogP contribution in [0.15, 0.2) is 30.6 Å². The average molecular weight is 474 g/mol. The summed E-state index contributed by atoms with van der Waals surface area (Å²) in [6.45, 7) is 6.01. The summed E-state index contributed by atoms with van der Waals surface area (Å²) in [7, 11) is 0. The number of pyridine rings is 3. The molecule has 8 heteroatoms. The van der Waals surface area contributed by atoms with Gasteiger partial charge < -0.3 is 20.5 Å². The topological polar surface area (TPSA) is 112 Å². The van der Waals surface area contributed by atoms with E-state index >= 15 is 0 Å². The Labute approximate surface area is 204 Å². The van der Waals surface area contributed by atoms with E-state index in [4.69, 9.17) is 20.2 Å². The molecule has 182 valence electrons. The minimum Gasteiger partial charge on any atom is -0.474 e. The maximum atomic E-state index is 12.3. The van der Waals surface area contributed by atoms with Gasteiger partial charge in [0.2, 0.25) is 5.88 Å². The van der Waals surface area contributed by atoms with Crippen LogP contribution in [0, 0.1) is 5.92 Å². The molecule has 2 saturated carbocycles. The van der Waals surface area contributed by atoms with Crippen molar-refractivity contribution in [3.8, 4) is 5.88 Å². The van der Waals surface area contributed by atoms with Crippen LogP contribution in [0.5, 0.6) is 5.88 Å². The van der Waals surface area contributed by atoms with Crippen LogP contribution in [0.4, 0.5) is 11.6 Å². The molecular formula is C27H31N5O3. The van der Waals surface area contributed by atoms with Crippen molar-refractivity contribution < 1.29 is 14.3 Å². The first-order chi connectivity index (χ1) is 16.8. The number of hydrogen-bond donors (Lipinski definition) is 2. The van der Waals surface area contributed by atoms with Crippen LogP contribution in [0.25, 0.3) is 10.8 Å². The zero-order valence-electron chi connectivity index (χ0n) is 20.4. The predicted molar refractivity (Wildman–Crippen MR) is 133 cm³/mol. The number of carbonyl (C=O) groups excluding carboxylic acids is 1. The average Bonchev–Trinajstić information content (AvgIpc) is 3.60. The maximum Gasteiger partial charge on any atom is 0.340 e. The Morgan fingerprint density at radius 1 is 1.09 bits per heavy atom. The van der Waals surface area contributed by atoms with Crippen molar-refractivity contribution >= 4 is 28.4 Å². The van der Waals surface area contributed by atoms with Crippen molar-refractivity contribution in [3.05, 3.63) is 47.4 Å². The van der Waals surface area contributed by atoms with Gasteiger partial charge in [0, 0.05) is 23.9 Å². The van der Waals surface area contributed by atoms with E-state index in [0.29, 0.717) is 29.0 Å². The summed E-state index contributed by atoms with van der Waals surface area (Å²) in [5.74, 6) is 2.00. The van der Waals surface area contributed by atoms with E-state index in [1.54, 1.807) is 12.1 Å². The van der Waals surface area contributed by atoms with Crippen LogP contribution in [-0.4, -0.2) is 33.1 Å². The van der Waals surface area contributed by atoms with E-state index in [2.05, 4.69) is 22.2 Å². The van der Waals surface area contributed by atoms with Crippen LogP contribution in [0.1, 0.15) is 80.4 Å². The van der Waals surface area contributed by atoms with Gasteiger partial charge in [-0.1, -0.05) is 13.3 Å². The molecule has 3 atom stereocenters. The SMILES string of the molecule is C[C@@H]1OC(=O)c2ccc(Nc3cc4c([C@](C)(N)C5CCC5)cnc(OC5CC5)c4cn3)nc2[C@H]1C. The van der Waals surface area contributed by atoms with E-state index < -0.39 is 5.54 Å². The molecule has 0 amide bonds. The summed E-state index contributed by atoms with van der Waals surface area (Å²) in [4.78, 5) is 26.3. The first-order valence-electron chi connectivity index (χ1n) is 12.5. The highest BCUT2D eigenvalue weighted by atomic mass is 16.5. The Morgan fingerprint density at radius 3 is 2.60 bits per heavy atom. The molecule has 0 unspecified atom stereocenters. The van der Waals surface area contributed by atoms with Gasteiger partial charge in [0.05, 0.1) is 16.6 Å². The second-order valence-corrected chi connectivity index (χ2v) is 10.5. The van der Waals surface area contributed by atoms with Crippen LogP contribution >= 0.6 is 0 Å². The number of anilines is 2. The van der Waals surface area contributed by atoms with Crippen molar-refractivity contribution in [3.63, 3.8) is 0 Å². The van der Waals surface area contributed by atoms with Gasteiger partial charge in [-0.15, -0.1) is 0 Å². The number of esters is 1. The monoisotopic (exact) mass is 473 g/mol. The molecule has 2 aliphatic carbocycles. The van der Waals surface area contributed by atoms with Crippen molar-refractivity contribution in [2.24, 2.45) is 11.7 Å². The molecule has 0 saturated heterocycles. The van der Waals surface area contributed by atoms with Gasteiger partial charge in [-0.2, -0.15) is 0 Å². The van der Waals surface area contributed by atoms with E-state index in [9.17, 15) is 4.79 Å². The highest BCUT2D eigenvalue weighted by molar-refractivity contribution is 5.93. The van der Waals surface area contributed by atoms with Gasteiger partial charge in [-0.05, 0) is 74.6 Å². The lowest BCUT2D eigenvalue weighted by molar-refractivity contribution is 0.0235. The number of carbonyl (C=O) groups is 1. The molecule has 35 heavy (non-hydrogen) atoms. The van der Waals surface area contributed by atoms with Gasteiger partial charge in [0.25, 0.3) is 0 Å². The molecule has 3 aliphatic rings. The second kappa shape index (κ2) is 8.16. The lowest BCUT2D eigenvalue weighted by Crippen LogP contribution is -2.44. The molecular weight excluding hydrogens is 442 g/mol. The second-order valence-electron chi connectivity index (χ2n) is 10.5. The smallest absolute Gasteiger partial charge is 0.340 e. The van der Waals surface area contributed by atoms with E-state index in [1.807, 2.05) is 32.3 Å². The third-order valence-electron chi connectivity index (χ3n) is 7.90. The van der Waals surface area contributed by atoms with Crippen molar-refractivity contribution in [2.75, 3.05) is 5.32 Å². The van der Waals surface area contributed by atoms with Crippen LogP contribution < -0.4 is 15.8 Å². The molecule has 0 spiro atoms. The largest absolute Gasteiger partial charge is 0.474 e. The van der Waals surface area contributed by atoms with Crippen LogP contribution in [0.2, 0.25) is 0 Å². The summed E-state index contributed by atoms with van der Waals surface area (Å²) >= 11 is 0. The van der Waals surface area contributed by atoms with Crippen LogP contribution in [-0.2, 0) is 10.3 Å². The van der Waals surface area contributed by atoms with Crippen LogP contribution in [0.3, 0.4) is 0 Å². The van der Waals surface area contributed by atoms with Crippen molar-refractivity contribution in [2.45, 2.75) is 76.5 Å². The first kappa shape index (κ1) is 22.2. The highest BCUT2D eigenvalue weighted by Crippen LogP contribution is 2.44. The molecule has 6 rings (SSSR count). The summed E-state index contributed by atoms with van der Waals surface area (Å²) in [5.41, 5.74) is 8.69. The number of ether oxygens (including phenoxy) is 2. The van der Waals surface area contributed by atoms with Gasteiger partial charge in [-0.25, -0.2) is 19.7 Å². The fraction of sp³-hybridized carbons (Fsp3) is 0.481. The van der Waals surface area contributed by atoms with E-state index in [1.165, 1.54) is 6.42 Å². The molecule has 3 N–H and O–H groups in total. The molecule has 0 radical (unpaired) electrons. The summed E-state index contributed by atoms with van der Waals surface area (Å²) in [6.07, 6.45) is 9.30. The molecule has 0 aromatic carbocycles. The first-order valence-corrected chi connectivity index (χ1v) is 12.5. The van der Waals surface area contributed by atoms with Gasteiger partial charge in [0.15, 0.2) is 0 Å². The zero-order valence-corrected chi connectivity index (χ0v) is 20.4. The number of nitrogens with two attached hydrogens (primary N) is 1. The molecule has 8 nitrogen and oxygen atoms in total. The number of fused-ring (bicyclic) bond motifs is 2. The Balaban J connectivity index is 1.39. The van der Waals surface area contributed by atoms with Crippen molar-refractivity contribution in [1.82, 2.24) is 15.0 Å². The predicted octanol–water partition coefficient (Wildman–Crippen LogP) is 4.95. The molecule has 3 aromatic rings. The number of rotatable bonds is 6. The third kappa shape index (κ3) is 3.89. The fourth-order valence-electron chi connectivity index (χ4n) is 5.03. The fourth-order valence-corrected chi connectivity index (χ4v) is 5.03. The quantitative estimate of drug-likeness (QED) is 0.484. The normalized spacial score (nSPS) is 23.7. The van der Waals surface area contributed by atoms with E-state index in [-0.39, 0.29) is 24.1 Å². The Kier molecular flexibility index (Phi) is 5.18. The van der Waals surface area contributed by atoms with E-state index in [0.717, 1.165) is 47.7 Å². The number of aromatic nitrogens is 3. The molecule has 3 aromatic heterocycles. The van der Waals surface area contributed by atoms with Gasteiger partial charge in [0.1, 0.15) is 23.8 Å². The van der Waals surface area contributed by atoms with Gasteiger partial charge in [-0.3, -0.25) is 0 Å². The summed E-state index contributed by atoms with van der Waals surface area (Å²) < 4.78 is 11.5. The Hall–Kier alpha value is -3.26.